The Bertz CT molecular complexity index is 578. The minimum absolute atomic E-state index is 0.0404. The molecule has 1 rings (SSSR count). The monoisotopic (exact) mass is 383 g/mol. The maximum absolute atomic E-state index is 12.0. The summed E-state index contributed by atoms with van der Waals surface area (Å²) >= 11 is 1.71. The van der Waals surface area contributed by atoms with Crippen LogP contribution in [0.1, 0.15) is 44.5 Å². The van der Waals surface area contributed by atoms with Crippen LogP contribution in [0.15, 0.2) is 24.3 Å². The van der Waals surface area contributed by atoms with Gasteiger partial charge in [0.1, 0.15) is 11.9 Å². The third kappa shape index (κ3) is 8.07. The van der Waals surface area contributed by atoms with Crippen LogP contribution >= 0.6 is 11.8 Å². The van der Waals surface area contributed by atoms with E-state index in [0.29, 0.717) is 23.0 Å². The van der Waals surface area contributed by atoms with Gasteiger partial charge in [-0.3, -0.25) is 20.4 Å². The first-order valence-electron chi connectivity index (χ1n) is 8.63. The molecular formula is C18H29N3O4S. The highest BCUT2D eigenvalue weighted by atomic mass is 32.2. The second-order valence-electron chi connectivity index (χ2n) is 6.45. The predicted octanol–water partition coefficient (Wildman–Crippen LogP) is 1.45. The van der Waals surface area contributed by atoms with E-state index < -0.39 is 24.0 Å². The quantitative estimate of drug-likeness (QED) is 0.480. The Balaban J connectivity index is 2.44. The molecule has 0 aromatic heterocycles. The van der Waals surface area contributed by atoms with Crippen LogP contribution in [0.5, 0.6) is 5.75 Å². The van der Waals surface area contributed by atoms with Crippen molar-refractivity contribution in [3.63, 3.8) is 0 Å². The number of amides is 2. The van der Waals surface area contributed by atoms with Gasteiger partial charge >= 0.3 is 0 Å². The molecule has 0 bridgehead atoms. The average Bonchev–Trinajstić information content (AvgIpc) is 2.58. The molecule has 0 radical (unpaired) electrons. The van der Waals surface area contributed by atoms with E-state index >= 15 is 0 Å². The zero-order valence-electron chi connectivity index (χ0n) is 15.7. The summed E-state index contributed by atoms with van der Waals surface area (Å²) in [7, 11) is 0. The summed E-state index contributed by atoms with van der Waals surface area (Å²) in [5.41, 5.74) is 10.7. The van der Waals surface area contributed by atoms with Gasteiger partial charge in [0.25, 0.3) is 11.8 Å². The molecule has 8 heteroatoms. The van der Waals surface area contributed by atoms with E-state index in [1.165, 1.54) is 0 Å². The molecule has 0 fully saturated rings. The summed E-state index contributed by atoms with van der Waals surface area (Å²) in [6.07, 6.45) is -0.841. The number of aliphatic hydroxyl groups is 1. The number of aliphatic hydroxyl groups excluding tert-OH is 1. The number of nitrogens with two attached hydrogens (primary N) is 1. The van der Waals surface area contributed by atoms with E-state index in [0.717, 1.165) is 5.75 Å². The van der Waals surface area contributed by atoms with Crippen LogP contribution in [0.2, 0.25) is 0 Å². The summed E-state index contributed by atoms with van der Waals surface area (Å²) < 4.78 is 5.50. The summed E-state index contributed by atoms with van der Waals surface area (Å²) in [6, 6.07) is 5.84. The molecule has 0 aliphatic carbocycles. The zero-order valence-corrected chi connectivity index (χ0v) is 16.5. The first-order chi connectivity index (χ1) is 12.2. The van der Waals surface area contributed by atoms with E-state index in [1.807, 2.05) is 13.8 Å². The summed E-state index contributed by atoms with van der Waals surface area (Å²) in [5, 5.41) is 10.4. The lowest BCUT2D eigenvalue weighted by atomic mass is 10.1. The van der Waals surface area contributed by atoms with Crippen LogP contribution < -0.4 is 21.3 Å². The Kier molecular flexibility index (Phi) is 9.47. The summed E-state index contributed by atoms with van der Waals surface area (Å²) in [5.74, 6) is 0.173. The lowest BCUT2D eigenvalue weighted by molar-refractivity contribution is -0.131. The number of thioether (sulfide) groups is 1. The van der Waals surface area contributed by atoms with Crippen molar-refractivity contribution in [2.45, 2.75) is 57.6 Å². The van der Waals surface area contributed by atoms with Crippen molar-refractivity contribution >= 4 is 23.6 Å². The normalized spacial score (nSPS) is 13.4. The van der Waals surface area contributed by atoms with E-state index in [2.05, 4.69) is 24.7 Å². The van der Waals surface area contributed by atoms with Crippen molar-refractivity contribution in [1.82, 2.24) is 10.9 Å². The number of ether oxygens (including phenoxy) is 1. The van der Waals surface area contributed by atoms with Gasteiger partial charge in [0, 0.05) is 11.6 Å². The highest BCUT2D eigenvalue weighted by Crippen LogP contribution is 2.14. The number of carbonyl (C=O) groups is 2. The molecule has 0 saturated carbocycles. The molecular weight excluding hydrogens is 354 g/mol. The van der Waals surface area contributed by atoms with Gasteiger partial charge in [-0.2, -0.15) is 11.8 Å². The third-order valence-corrected chi connectivity index (χ3v) is 4.50. The lowest BCUT2D eigenvalue weighted by Gasteiger charge is -2.19. The Hall–Kier alpha value is -1.77. The van der Waals surface area contributed by atoms with Crippen LogP contribution in [-0.4, -0.2) is 46.2 Å². The van der Waals surface area contributed by atoms with Crippen LogP contribution in [0, 0.1) is 0 Å². The van der Waals surface area contributed by atoms with Gasteiger partial charge in [-0.25, -0.2) is 0 Å². The predicted molar refractivity (Wildman–Crippen MR) is 104 cm³/mol. The Morgan fingerprint density at radius 3 is 2.31 bits per heavy atom. The van der Waals surface area contributed by atoms with Gasteiger partial charge in [-0.15, -0.1) is 0 Å². The molecule has 7 nitrogen and oxygen atoms in total. The standard InChI is InChI=1S/C18H29N3O4S/c1-11(2)25-14-7-5-13(6-8-14)17(23)20-21-18(24)16(22)15(19)9-10-26-12(3)4/h5-8,11-12,15-16,22H,9-10,19H2,1-4H3,(H,20,23)(H,21,24)/t15-,16?/m1/s1. The summed E-state index contributed by atoms with van der Waals surface area (Å²) in [4.78, 5) is 23.9. The Morgan fingerprint density at radius 1 is 1.15 bits per heavy atom. The maximum atomic E-state index is 12.0. The minimum Gasteiger partial charge on any atom is -0.491 e. The van der Waals surface area contributed by atoms with Crippen LogP contribution in [0.3, 0.4) is 0 Å². The largest absolute Gasteiger partial charge is 0.491 e. The smallest absolute Gasteiger partial charge is 0.269 e. The van der Waals surface area contributed by atoms with Crippen molar-refractivity contribution in [2.24, 2.45) is 5.73 Å². The SMILES string of the molecule is CC(C)Oc1ccc(C(=O)NNC(=O)C(O)[C@H](N)CCSC(C)C)cc1. The molecule has 1 aromatic rings. The molecule has 146 valence electrons. The van der Waals surface area contributed by atoms with E-state index in [-0.39, 0.29) is 6.10 Å². The van der Waals surface area contributed by atoms with Gasteiger partial charge < -0.3 is 15.6 Å². The van der Waals surface area contributed by atoms with Gasteiger partial charge in [0.05, 0.1) is 6.10 Å². The van der Waals surface area contributed by atoms with E-state index in [9.17, 15) is 14.7 Å². The number of hydrogen-bond donors (Lipinski definition) is 4. The number of hydrazine groups is 1. The first kappa shape index (κ1) is 22.3. The highest BCUT2D eigenvalue weighted by Gasteiger charge is 2.23. The number of carbonyl (C=O) groups excluding carboxylic acids is 2. The molecule has 26 heavy (non-hydrogen) atoms. The molecule has 0 aliphatic rings. The Labute approximate surface area is 159 Å². The van der Waals surface area contributed by atoms with E-state index in [1.54, 1.807) is 36.0 Å². The van der Waals surface area contributed by atoms with E-state index in [4.69, 9.17) is 10.5 Å². The van der Waals surface area contributed by atoms with Crippen molar-refractivity contribution in [3.8, 4) is 5.75 Å². The minimum atomic E-state index is -1.38. The van der Waals surface area contributed by atoms with Crippen molar-refractivity contribution in [2.75, 3.05) is 5.75 Å². The molecule has 5 N–H and O–H groups in total. The van der Waals surface area contributed by atoms with Crippen LogP contribution in [-0.2, 0) is 4.79 Å². The third-order valence-electron chi connectivity index (χ3n) is 3.36. The molecule has 2 amide bonds. The van der Waals surface area contributed by atoms with Crippen molar-refractivity contribution in [1.29, 1.82) is 0 Å². The number of benzene rings is 1. The molecule has 0 spiro atoms. The van der Waals surface area contributed by atoms with Gasteiger partial charge in [0.2, 0.25) is 0 Å². The molecule has 1 unspecified atom stereocenters. The van der Waals surface area contributed by atoms with Crippen molar-refractivity contribution < 1.29 is 19.4 Å². The fourth-order valence-electron chi connectivity index (χ4n) is 2.01. The molecule has 0 saturated heterocycles. The maximum Gasteiger partial charge on any atom is 0.269 e. The molecule has 1 aromatic carbocycles. The summed E-state index contributed by atoms with van der Waals surface area (Å²) in [6.45, 7) is 7.95. The Morgan fingerprint density at radius 2 is 1.77 bits per heavy atom. The highest BCUT2D eigenvalue weighted by molar-refractivity contribution is 7.99. The van der Waals surface area contributed by atoms with Gasteiger partial charge in [-0.05, 0) is 55.5 Å². The fourth-order valence-corrected chi connectivity index (χ4v) is 2.89. The second kappa shape index (κ2) is 11.1. The second-order valence-corrected chi connectivity index (χ2v) is 8.14. The average molecular weight is 384 g/mol. The zero-order chi connectivity index (χ0) is 19.7. The molecule has 0 heterocycles. The lowest BCUT2D eigenvalue weighted by Crippen LogP contribution is -2.52. The van der Waals surface area contributed by atoms with Crippen LogP contribution in [0.4, 0.5) is 0 Å². The van der Waals surface area contributed by atoms with Gasteiger partial charge in [-0.1, -0.05) is 13.8 Å². The fraction of sp³-hybridized carbons (Fsp3) is 0.556. The topological polar surface area (TPSA) is 114 Å². The molecule has 0 aliphatic heterocycles. The van der Waals surface area contributed by atoms with Crippen molar-refractivity contribution in [3.05, 3.63) is 29.8 Å². The first-order valence-corrected chi connectivity index (χ1v) is 9.67. The number of rotatable bonds is 9. The number of nitrogens with one attached hydrogen (secondary N) is 2. The number of hydrogen-bond acceptors (Lipinski definition) is 6. The van der Waals surface area contributed by atoms with Crippen LogP contribution in [0.25, 0.3) is 0 Å². The van der Waals surface area contributed by atoms with Gasteiger partial charge in [0.15, 0.2) is 0 Å². The molecule has 2 atom stereocenters.